The Kier molecular flexibility index (Phi) is 2.42. The zero-order chi connectivity index (χ0) is 10.8. The van der Waals surface area contributed by atoms with Crippen LogP contribution in [0.3, 0.4) is 0 Å². The molecule has 1 aliphatic rings. The van der Waals surface area contributed by atoms with Crippen LogP contribution in [0.2, 0.25) is 0 Å². The molecule has 1 aromatic carbocycles. The highest BCUT2D eigenvalue weighted by Gasteiger charge is 2.27. The lowest BCUT2D eigenvalue weighted by atomic mass is 9.97. The molecule has 2 nitrogen and oxygen atoms in total. The van der Waals surface area contributed by atoms with Gasteiger partial charge in [-0.3, -0.25) is 4.79 Å². The van der Waals surface area contributed by atoms with Crippen molar-refractivity contribution in [2.24, 2.45) is 0 Å². The Hall–Kier alpha value is -1.83. The molecular weight excluding hydrogens is 186 g/mol. The van der Waals surface area contributed by atoms with Crippen molar-refractivity contribution in [1.29, 1.82) is 0 Å². The van der Waals surface area contributed by atoms with Crippen LogP contribution in [0.25, 0.3) is 5.57 Å². The zero-order valence-corrected chi connectivity index (χ0v) is 8.66. The highest BCUT2D eigenvalue weighted by atomic mass is 16.2. The minimum atomic E-state index is -0.0312. The fourth-order valence-corrected chi connectivity index (χ4v) is 1.93. The summed E-state index contributed by atoms with van der Waals surface area (Å²) in [7, 11) is 0. The Morgan fingerprint density at radius 1 is 1.33 bits per heavy atom. The fourth-order valence-electron chi connectivity index (χ4n) is 1.93. The Morgan fingerprint density at radius 3 is 2.60 bits per heavy atom. The first-order chi connectivity index (χ1) is 7.24. The third kappa shape index (κ3) is 1.59. The second kappa shape index (κ2) is 3.73. The Bertz CT molecular complexity index is 431. The van der Waals surface area contributed by atoms with Gasteiger partial charge in [-0.05, 0) is 18.1 Å². The first-order valence-corrected chi connectivity index (χ1v) is 4.97. The second-order valence-electron chi connectivity index (χ2n) is 3.59. The molecule has 0 bridgehead atoms. The van der Waals surface area contributed by atoms with Gasteiger partial charge in [0.1, 0.15) is 0 Å². The van der Waals surface area contributed by atoms with Gasteiger partial charge < -0.3 is 5.32 Å². The molecule has 2 rings (SSSR count). The molecular formula is C13H13NO. The minimum absolute atomic E-state index is 0.0312. The summed E-state index contributed by atoms with van der Waals surface area (Å²) in [6.45, 7) is 5.67. The van der Waals surface area contributed by atoms with Crippen LogP contribution in [0.5, 0.6) is 0 Å². The van der Waals surface area contributed by atoms with Crippen molar-refractivity contribution in [3.63, 3.8) is 0 Å². The number of rotatable bonds is 2. The number of hydrogen-bond acceptors (Lipinski definition) is 1. The highest BCUT2D eigenvalue weighted by Crippen LogP contribution is 2.27. The van der Waals surface area contributed by atoms with Crippen molar-refractivity contribution in [2.75, 3.05) is 0 Å². The van der Waals surface area contributed by atoms with E-state index in [2.05, 4.69) is 11.9 Å². The fraction of sp³-hybridized carbons (Fsp3) is 0.154. The molecule has 1 N–H and O–H groups in total. The number of amides is 1. The maximum absolute atomic E-state index is 11.6. The van der Waals surface area contributed by atoms with E-state index in [0.29, 0.717) is 5.57 Å². The molecule has 2 heteroatoms. The zero-order valence-electron chi connectivity index (χ0n) is 8.66. The maximum Gasteiger partial charge on any atom is 0.252 e. The summed E-state index contributed by atoms with van der Waals surface area (Å²) in [6, 6.07) is 9.99. The van der Waals surface area contributed by atoms with Gasteiger partial charge in [0.05, 0.1) is 6.04 Å². The van der Waals surface area contributed by atoms with E-state index in [4.69, 9.17) is 0 Å². The molecule has 0 fully saturated rings. The Balaban J connectivity index is 2.55. The molecule has 1 aromatic rings. The van der Waals surface area contributed by atoms with E-state index in [1.165, 1.54) is 0 Å². The summed E-state index contributed by atoms with van der Waals surface area (Å²) in [5.74, 6) is -0.0312. The van der Waals surface area contributed by atoms with Gasteiger partial charge in [-0.2, -0.15) is 0 Å². The summed E-state index contributed by atoms with van der Waals surface area (Å²) < 4.78 is 0. The topological polar surface area (TPSA) is 29.1 Å². The summed E-state index contributed by atoms with van der Waals surface area (Å²) >= 11 is 0. The average molecular weight is 199 g/mol. The lowest BCUT2D eigenvalue weighted by Crippen LogP contribution is -2.25. The van der Waals surface area contributed by atoms with Crippen LogP contribution in [-0.4, -0.2) is 11.9 Å². The van der Waals surface area contributed by atoms with Crippen LogP contribution in [0.4, 0.5) is 0 Å². The van der Waals surface area contributed by atoms with Gasteiger partial charge in [-0.25, -0.2) is 0 Å². The molecule has 76 valence electrons. The lowest BCUT2D eigenvalue weighted by Gasteiger charge is -2.09. The van der Waals surface area contributed by atoms with Gasteiger partial charge >= 0.3 is 0 Å². The van der Waals surface area contributed by atoms with Crippen molar-refractivity contribution in [3.05, 3.63) is 54.1 Å². The van der Waals surface area contributed by atoms with Gasteiger partial charge in [-0.1, -0.05) is 43.0 Å². The van der Waals surface area contributed by atoms with Crippen molar-refractivity contribution in [3.8, 4) is 0 Å². The number of carbonyl (C=O) groups excluding carboxylic acids is 1. The predicted molar refractivity (Wildman–Crippen MR) is 61.2 cm³/mol. The lowest BCUT2D eigenvalue weighted by molar-refractivity contribution is -0.116. The Morgan fingerprint density at radius 2 is 2.00 bits per heavy atom. The van der Waals surface area contributed by atoms with Crippen molar-refractivity contribution in [1.82, 2.24) is 5.32 Å². The molecule has 0 saturated heterocycles. The van der Waals surface area contributed by atoms with Crippen LogP contribution in [0, 0.1) is 0 Å². The van der Waals surface area contributed by atoms with Crippen molar-refractivity contribution >= 4 is 11.5 Å². The van der Waals surface area contributed by atoms with E-state index < -0.39 is 0 Å². The van der Waals surface area contributed by atoms with E-state index >= 15 is 0 Å². The van der Waals surface area contributed by atoms with Crippen molar-refractivity contribution in [2.45, 2.75) is 13.0 Å². The van der Waals surface area contributed by atoms with Crippen LogP contribution in [0.1, 0.15) is 12.5 Å². The van der Waals surface area contributed by atoms with Gasteiger partial charge in [0, 0.05) is 5.57 Å². The summed E-state index contributed by atoms with van der Waals surface area (Å²) in [6.07, 6.45) is 1.63. The van der Waals surface area contributed by atoms with E-state index in [0.717, 1.165) is 11.1 Å². The van der Waals surface area contributed by atoms with E-state index in [1.54, 1.807) is 6.08 Å². The normalized spacial score (nSPS) is 20.3. The first-order valence-electron chi connectivity index (χ1n) is 4.97. The monoisotopic (exact) mass is 199 g/mol. The summed E-state index contributed by atoms with van der Waals surface area (Å²) in [5, 5.41) is 2.88. The first kappa shape index (κ1) is 9.71. The van der Waals surface area contributed by atoms with E-state index in [9.17, 15) is 4.79 Å². The smallest absolute Gasteiger partial charge is 0.252 e. The number of benzene rings is 1. The second-order valence-corrected chi connectivity index (χ2v) is 3.59. The molecule has 0 aliphatic carbocycles. The highest BCUT2D eigenvalue weighted by molar-refractivity contribution is 6.09. The molecule has 1 unspecified atom stereocenters. The summed E-state index contributed by atoms with van der Waals surface area (Å²) in [5.41, 5.74) is 2.81. The number of hydrogen-bond donors (Lipinski definition) is 1. The van der Waals surface area contributed by atoms with Gasteiger partial charge in [0.2, 0.25) is 0 Å². The molecule has 0 radical (unpaired) electrons. The largest absolute Gasteiger partial charge is 0.345 e. The molecule has 15 heavy (non-hydrogen) atoms. The molecule has 0 aromatic heterocycles. The Labute approximate surface area is 89.3 Å². The number of nitrogens with one attached hydrogen (secondary N) is 1. The minimum Gasteiger partial charge on any atom is -0.345 e. The van der Waals surface area contributed by atoms with Crippen LogP contribution >= 0.6 is 0 Å². The summed E-state index contributed by atoms with van der Waals surface area (Å²) in [4.78, 5) is 11.6. The van der Waals surface area contributed by atoms with E-state index in [1.807, 2.05) is 37.3 Å². The average Bonchev–Trinajstić information content (AvgIpc) is 2.54. The predicted octanol–water partition coefficient (Wildman–Crippen LogP) is 2.14. The van der Waals surface area contributed by atoms with Crippen LogP contribution in [0.15, 0.2) is 48.6 Å². The molecule has 1 amide bonds. The van der Waals surface area contributed by atoms with Gasteiger partial charge in [0.25, 0.3) is 5.91 Å². The standard InChI is InChI=1S/C13H13NO/c1-3-11-12(9(2)14-13(11)15)10-7-5-4-6-8-10/h3-9H,1H2,2H3,(H,14,15). The third-order valence-electron chi connectivity index (χ3n) is 2.60. The van der Waals surface area contributed by atoms with Gasteiger partial charge in [-0.15, -0.1) is 0 Å². The van der Waals surface area contributed by atoms with Crippen LogP contribution < -0.4 is 5.32 Å². The quantitative estimate of drug-likeness (QED) is 0.776. The molecule has 0 spiro atoms. The third-order valence-corrected chi connectivity index (χ3v) is 2.60. The molecule has 1 heterocycles. The van der Waals surface area contributed by atoms with E-state index in [-0.39, 0.29) is 11.9 Å². The van der Waals surface area contributed by atoms with Crippen molar-refractivity contribution < 1.29 is 4.79 Å². The maximum atomic E-state index is 11.6. The van der Waals surface area contributed by atoms with Gasteiger partial charge in [0.15, 0.2) is 0 Å². The molecule has 0 saturated carbocycles. The molecule has 1 atom stereocenters. The molecule has 1 aliphatic heterocycles. The van der Waals surface area contributed by atoms with Crippen LogP contribution in [-0.2, 0) is 4.79 Å². The number of carbonyl (C=O) groups is 1. The SMILES string of the molecule is C=CC1=C(c2ccccc2)C(C)NC1=O.